The van der Waals surface area contributed by atoms with Crippen molar-refractivity contribution in [2.45, 2.75) is 71.8 Å². The highest BCUT2D eigenvalue weighted by Gasteiger charge is 2.15. The van der Waals surface area contributed by atoms with Crippen LogP contribution in [0, 0.1) is 0 Å². The van der Waals surface area contributed by atoms with Gasteiger partial charge in [-0.1, -0.05) is 31.5 Å². The summed E-state index contributed by atoms with van der Waals surface area (Å²) < 4.78 is 11.0. The van der Waals surface area contributed by atoms with E-state index in [-0.39, 0.29) is 5.91 Å². The van der Waals surface area contributed by atoms with Crippen molar-refractivity contribution >= 4 is 12.0 Å². The SMILES string of the molecule is CCc1ccccc1OCCCN(C)C(=O)CCCCCNC(=O)OC(C)(C)C. The fourth-order valence-corrected chi connectivity index (χ4v) is 2.82. The third kappa shape index (κ3) is 11.4. The van der Waals surface area contributed by atoms with Crippen molar-refractivity contribution in [2.24, 2.45) is 0 Å². The van der Waals surface area contributed by atoms with Crippen LogP contribution in [0.5, 0.6) is 5.75 Å². The highest BCUT2D eigenvalue weighted by Crippen LogP contribution is 2.18. The number of carbonyl (C=O) groups excluding carboxylic acids is 2. The summed E-state index contributed by atoms with van der Waals surface area (Å²) >= 11 is 0. The number of para-hydroxylation sites is 1. The molecule has 0 saturated carbocycles. The molecular formula is C23H38N2O4. The van der Waals surface area contributed by atoms with Gasteiger partial charge in [-0.3, -0.25) is 4.79 Å². The Bertz CT molecular complexity index is 626. The summed E-state index contributed by atoms with van der Waals surface area (Å²) in [7, 11) is 1.84. The summed E-state index contributed by atoms with van der Waals surface area (Å²) in [5.41, 5.74) is 0.726. The first kappa shape index (κ1) is 24.8. The minimum Gasteiger partial charge on any atom is -0.493 e. The van der Waals surface area contributed by atoms with Gasteiger partial charge in [0.1, 0.15) is 11.4 Å². The van der Waals surface area contributed by atoms with Crippen LogP contribution in [0.1, 0.15) is 65.4 Å². The number of aryl methyl sites for hydroxylation is 1. The lowest BCUT2D eigenvalue weighted by molar-refractivity contribution is -0.130. The van der Waals surface area contributed by atoms with Crippen LogP contribution < -0.4 is 10.1 Å². The van der Waals surface area contributed by atoms with Crippen LogP contribution in [0.3, 0.4) is 0 Å². The Labute approximate surface area is 175 Å². The molecule has 1 aromatic rings. The minimum absolute atomic E-state index is 0.152. The molecule has 0 fully saturated rings. The van der Waals surface area contributed by atoms with Crippen molar-refractivity contribution in [3.63, 3.8) is 0 Å². The maximum atomic E-state index is 12.2. The van der Waals surface area contributed by atoms with E-state index in [9.17, 15) is 9.59 Å². The van der Waals surface area contributed by atoms with Crippen LogP contribution >= 0.6 is 0 Å². The predicted octanol–water partition coefficient (Wildman–Crippen LogP) is 4.56. The second-order valence-corrected chi connectivity index (χ2v) is 8.22. The smallest absolute Gasteiger partial charge is 0.407 e. The van der Waals surface area contributed by atoms with E-state index in [2.05, 4.69) is 18.3 Å². The van der Waals surface area contributed by atoms with E-state index in [1.807, 2.05) is 46.0 Å². The van der Waals surface area contributed by atoms with Crippen LogP contribution in [-0.4, -0.2) is 49.2 Å². The zero-order chi connectivity index (χ0) is 21.7. The van der Waals surface area contributed by atoms with Gasteiger partial charge in [-0.15, -0.1) is 0 Å². The normalized spacial score (nSPS) is 11.1. The zero-order valence-corrected chi connectivity index (χ0v) is 18.8. The molecule has 0 bridgehead atoms. The molecule has 6 nitrogen and oxygen atoms in total. The Hall–Kier alpha value is -2.24. The van der Waals surface area contributed by atoms with E-state index in [4.69, 9.17) is 9.47 Å². The molecule has 0 aliphatic carbocycles. The van der Waals surface area contributed by atoms with Gasteiger partial charge < -0.3 is 19.7 Å². The molecule has 1 N–H and O–H groups in total. The average molecular weight is 407 g/mol. The second-order valence-electron chi connectivity index (χ2n) is 8.22. The van der Waals surface area contributed by atoms with Gasteiger partial charge in [0.05, 0.1) is 6.61 Å². The first-order chi connectivity index (χ1) is 13.7. The van der Waals surface area contributed by atoms with E-state index >= 15 is 0 Å². The van der Waals surface area contributed by atoms with E-state index < -0.39 is 11.7 Å². The summed E-state index contributed by atoms with van der Waals surface area (Å²) in [6, 6.07) is 8.07. The molecule has 0 saturated heterocycles. The van der Waals surface area contributed by atoms with Crippen LogP contribution in [-0.2, 0) is 16.0 Å². The van der Waals surface area contributed by atoms with Gasteiger partial charge in [0.25, 0.3) is 0 Å². The van der Waals surface area contributed by atoms with Gasteiger partial charge in [-0.2, -0.15) is 0 Å². The van der Waals surface area contributed by atoms with Gasteiger partial charge >= 0.3 is 6.09 Å². The fourth-order valence-electron chi connectivity index (χ4n) is 2.82. The van der Waals surface area contributed by atoms with E-state index in [0.29, 0.717) is 26.1 Å². The molecule has 0 aliphatic heterocycles. The molecule has 2 amide bonds. The van der Waals surface area contributed by atoms with E-state index in [1.165, 1.54) is 5.56 Å². The van der Waals surface area contributed by atoms with Crippen molar-refractivity contribution in [1.29, 1.82) is 0 Å². The quantitative estimate of drug-likeness (QED) is 0.517. The van der Waals surface area contributed by atoms with Crippen LogP contribution in [0.2, 0.25) is 0 Å². The van der Waals surface area contributed by atoms with Gasteiger partial charge in [-0.25, -0.2) is 4.79 Å². The molecular weight excluding hydrogens is 368 g/mol. The number of benzene rings is 1. The van der Waals surface area contributed by atoms with Gasteiger partial charge in [0.15, 0.2) is 0 Å². The number of unbranched alkanes of at least 4 members (excludes halogenated alkanes) is 2. The molecule has 164 valence electrons. The maximum absolute atomic E-state index is 12.2. The molecule has 1 aromatic carbocycles. The number of ether oxygens (including phenoxy) is 2. The Kier molecular flexibility index (Phi) is 11.2. The summed E-state index contributed by atoms with van der Waals surface area (Å²) in [6.45, 7) is 9.48. The molecule has 0 unspecified atom stereocenters. The molecule has 1 rings (SSSR count). The first-order valence-electron chi connectivity index (χ1n) is 10.6. The predicted molar refractivity (Wildman–Crippen MR) is 116 cm³/mol. The number of hydrogen-bond acceptors (Lipinski definition) is 4. The average Bonchev–Trinajstić information content (AvgIpc) is 2.66. The molecule has 6 heteroatoms. The molecule has 0 aliphatic rings. The van der Waals surface area contributed by atoms with Crippen molar-refractivity contribution < 1.29 is 19.1 Å². The number of alkyl carbamates (subject to hydrolysis) is 1. The summed E-state index contributed by atoms with van der Waals surface area (Å²) in [5, 5.41) is 2.74. The fraction of sp³-hybridized carbons (Fsp3) is 0.652. The van der Waals surface area contributed by atoms with Crippen LogP contribution in [0.4, 0.5) is 4.79 Å². The number of nitrogens with one attached hydrogen (secondary N) is 1. The first-order valence-corrected chi connectivity index (χ1v) is 10.6. The van der Waals surface area contributed by atoms with Crippen molar-refractivity contribution in [2.75, 3.05) is 26.7 Å². The molecule has 0 spiro atoms. The Balaban J connectivity index is 2.09. The van der Waals surface area contributed by atoms with E-state index in [0.717, 1.165) is 37.9 Å². The number of rotatable bonds is 12. The van der Waals surface area contributed by atoms with Gasteiger partial charge in [0, 0.05) is 26.6 Å². The summed E-state index contributed by atoms with van der Waals surface area (Å²) in [5.74, 6) is 1.09. The number of amides is 2. The summed E-state index contributed by atoms with van der Waals surface area (Å²) in [4.78, 5) is 25.5. The largest absolute Gasteiger partial charge is 0.493 e. The Morgan fingerprint density at radius 3 is 2.48 bits per heavy atom. The highest BCUT2D eigenvalue weighted by atomic mass is 16.6. The van der Waals surface area contributed by atoms with Crippen molar-refractivity contribution in [1.82, 2.24) is 10.2 Å². The third-order valence-electron chi connectivity index (χ3n) is 4.41. The Morgan fingerprint density at radius 2 is 1.79 bits per heavy atom. The summed E-state index contributed by atoms with van der Waals surface area (Å²) in [6.07, 6.45) is 4.44. The topological polar surface area (TPSA) is 67.9 Å². The lowest BCUT2D eigenvalue weighted by Crippen LogP contribution is -2.33. The third-order valence-corrected chi connectivity index (χ3v) is 4.41. The van der Waals surface area contributed by atoms with Gasteiger partial charge in [0.2, 0.25) is 5.91 Å². The number of nitrogens with zero attached hydrogens (tertiary/aromatic N) is 1. The van der Waals surface area contributed by atoms with Crippen molar-refractivity contribution in [3.8, 4) is 5.75 Å². The Morgan fingerprint density at radius 1 is 1.07 bits per heavy atom. The van der Waals surface area contributed by atoms with Crippen molar-refractivity contribution in [3.05, 3.63) is 29.8 Å². The monoisotopic (exact) mass is 406 g/mol. The second kappa shape index (κ2) is 13.1. The zero-order valence-electron chi connectivity index (χ0n) is 18.8. The molecule has 0 aromatic heterocycles. The minimum atomic E-state index is -0.481. The molecule has 0 radical (unpaired) electrons. The standard InChI is InChI=1S/C23H38N2O4/c1-6-19-13-9-10-14-20(19)28-18-12-17-25(5)21(26)15-8-7-11-16-24-22(27)29-23(2,3)4/h9-10,13-14H,6-8,11-12,15-18H2,1-5H3,(H,24,27). The van der Waals surface area contributed by atoms with E-state index in [1.54, 1.807) is 4.90 Å². The molecule has 29 heavy (non-hydrogen) atoms. The number of carbonyl (C=O) groups is 2. The maximum Gasteiger partial charge on any atom is 0.407 e. The number of hydrogen-bond donors (Lipinski definition) is 1. The van der Waals surface area contributed by atoms with Crippen LogP contribution in [0.25, 0.3) is 0 Å². The lowest BCUT2D eigenvalue weighted by Gasteiger charge is -2.19. The van der Waals surface area contributed by atoms with Gasteiger partial charge in [-0.05, 0) is 58.1 Å². The highest BCUT2D eigenvalue weighted by molar-refractivity contribution is 5.75. The molecule has 0 heterocycles. The molecule has 0 atom stereocenters. The van der Waals surface area contributed by atoms with Crippen LogP contribution in [0.15, 0.2) is 24.3 Å². The lowest BCUT2D eigenvalue weighted by atomic mass is 10.1.